The average molecular weight is 298 g/mol. The van der Waals surface area contributed by atoms with Crippen LogP contribution in [0.4, 0.5) is 0 Å². The van der Waals surface area contributed by atoms with Gasteiger partial charge in [0, 0.05) is 25.0 Å². The zero-order chi connectivity index (χ0) is 15.4. The van der Waals surface area contributed by atoms with E-state index >= 15 is 0 Å². The van der Waals surface area contributed by atoms with Crippen LogP contribution in [0, 0.1) is 0 Å². The average Bonchev–Trinajstić information content (AvgIpc) is 3.13. The number of carbonyl (C=O) groups is 2. The number of nitrogens with one attached hydrogen (secondary N) is 2. The Kier molecular flexibility index (Phi) is 4.29. The highest BCUT2D eigenvalue weighted by atomic mass is 16.2. The molecule has 1 aromatic heterocycles. The molecule has 2 aromatic rings. The van der Waals surface area contributed by atoms with Crippen LogP contribution in [-0.4, -0.2) is 40.0 Å². The Labute approximate surface area is 128 Å². The van der Waals surface area contributed by atoms with Crippen molar-refractivity contribution in [3.8, 4) is 0 Å². The summed E-state index contributed by atoms with van der Waals surface area (Å²) in [7, 11) is 0. The number of amides is 2. The quantitative estimate of drug-likeness (QED) is 0.601. The van der Waals surface area contributed by atoms with Crippen molar-refractivity contribution in [3.63, 3.8) is 0 Å². The van der Waals surface area contributed by atoms with E-state index in [4.69, 9.17) is 0 Å². The van der Waals surface area contributed by atoms with Crippen LogP contribution in [0.2, 0.25) is 0 Å². The largest absolute Gasteiger partial charge is 0.311 e. The van der Waals surface area contributed by atoms with E-state index in [-0.39, 0.29) is 11.8 Å². The Morgan fingerprint density at radius 2 is 1.77 bits per heavy atom. The number of carbonyl (C=O) groups excluding carboxylic acids is 2. The first-order valence-corrected chi connectivity index (χ1v) is 7.41. The molecule has 0 saturated carbocycles. The molecular formula is C16H18N4O2. The van der Waals surface area contributed by atoms with E-state index in [1.807, 2.05) is 6.07 Å². The summed E-state index contributed by atoms with van der Waals surface area (Å²) in [5, 5.41) is 10.1. The Balaban J connectivity index is 1.41. The molecule has 0 saturated heterocycles. The molecule has 2 N–H and O–H groups in total. The molecule has 0 spiro atoms. The van der Waals surface area contributed by atoms with Gasteiger partial charge in [0.05, 0.1) is 11.1 Å². The molecule has 6 nitrogen and oxygen atoms in total. The van der Waals surface area contributed by atoms with E-state index in [1.165, 1.54) is 4.90 Å². The summed E-state index contributed by atoms with van der Waals surface area (Å²) in [5.74, 6) is -0.350. The lowest BCUT2D eigenvalue weighted by molar-refractivity contribution is 0.0651. The minimum atomic E-state index is -0.175. The maximum atomic E-state index is 12.2. The highest BCUT2D eigenvalue weighted by Crippen LogP contribution is 2.22. The number of aromatic nitrogens is 2. The molecule has 1 aliphatic rings. The van der Waals surface area contributed by atoms with Crippen LogP contribution in [0.5, 0.6) is 0 Å². The third kappa shape index (κ3) is 2.92. The normalized spacial score (nSPS) is 13.7. The van der Waals surface area contributed by atoms with Crippen molar-refractivity contribution >= 4 is 11.8 Å². The summed E-state index contributed by atoms with van der Waals surface area (Å²) in [4.78, 5) is 25.7. The zero-order valence-corrected chi connectivity index (χ0v) is 12.2. The third-order valence-corrected chi connectivity index (χ3v) is 3.74. The second-order valence-electron chi connectivity index (χ2n) is 5.27. The van der Waals surface area contributed by atoms with Gasteiger partial charge in [0.2, 0.25) is 0 Å². The molecule has 1 aliphatic heterocycles. The third-order valence-electron chi connectivity index (χ3n) is 3.74. The Hall–Kier alpha value is -2.47. The lowest BCUT2D eigenvalue weighted by Gasteiger charge is -2.13. The van der Waals surface area contributed by atoms with Crippen molar-refractivity contribution in [2.24, 2.45) is 0 Å². The van der Waals surface area contributed by atoms with Crippen LogP contribution in [0.25, 0.3) is 0 Å². The smallest absolute Gasteiger partial charge is 0.261 e. The summed E-state index contributed by atoms with van der Waals surface area (Å²) < 4.78 is 0. The molecule has 1 aromatic carbocycles. The van der Waals surface area contributed by atoms with Crippen LogP contribution < -0.4 is 5.32 Å². The monoisotopic (exact) mass is 298 g/mol. The van der Waals surface area contributed by atoms with Crippen LogP contribution in [0.3, 0.4) is 0 Å². The van der Waals surface area contributed by atoms with Crippen molar-refractivity contribution < 1.29 is 9.59 Å². The fourth-order valence-corrected chi connectivity index (χ4v) is 2.57. The number of aromatic amines is 1. The number of imide groups is 1. The summed E-state index contributed by atoms with van der Waals surface area (Å²) in [6, 6.07) is 8.91. The molecule has 0 unspecified atom stereocenters. The highest BCUT2D eigenvalue weighted by Gasteiger charge is 2.34. The predicted molar refractivity (Wildman–Crippen MR) is 81.3 cm³/mol. The van der Waals surface area contributed by atoms with Gasteiger partial charge in [-0.05, 0) is 37.6 Å². The van der Waals surface area contributed by atoms with Gasteiger partial charge in [0.25, 0.3) is 11.8 Å². The number of unbranched alkanes of at least 4 members (excludes halogenated alkanes) is 1. The van der Waals surface area contributed by atoms with Crippen molar-refractivity contribution in [1.29, 1.82) is 0 Å². The second-order valence-corrected chi connectivity index (χ2v) is 5.27. The van der Waals surface area contributed by atoms with Crippen molar-refractivity contribution in [2.75, 3.05) is 13.1 Å². The first kappa shape index (κ1) is 14.5. The molecule has 3 rings (SSSR count). The van der Waals surface area contributed by atoms with E-state index < -0.39 is 0 Å². The van der Waals surface area contributed by atoms with Gasteiger partial charge in [-0.3, -0.25) is 19.6 Å². The molecule has 22 heavy (non-hydrogen) atoms. The highest BCUT2D eigenvalue weighted by molar-refractivity contribution is 6.21. The van der Waals surface area contributed by atoms with Gasteiger partial charge in [0.1, 0.15) is 0 Å². The van der Waals surface area contributed by atoms with E-state index in [2.05, 4.69) is 15.5 Å². The van der Waals surface area contributed by atoms with Crippen molar-refractivity contribution in [3.05, 3.63) is 53.3 Å². The van der Waals surface area contributed by atoms with E-state index in [0.29, 0.717) is 17.7 Å². The Morgan fingerprint density at radius 1 is 1.05 bits per heavy atom. The topological polar surface area (TPSA) is 78.1 Å². The molecule has 2 heterocycles. The Morgan fingerprint density at radius 3 is 2.41 bits per heavy atom. The number of benzene rings is 1. The van der Waals surface area contributed by atoms with Gasteiger partial charge in [-0.15, -0.1) is 0 Å². The van der Waals surface area contributed by atoms with Gasteiger partial charge in [-0.25, -0.2) is 0 Å². The van der Waals surface area contributed by atoms with E-state index in [0.717, 1.165) is 31.6 Å². The zero-order valence-electron chi connectivity index (χ0n) is 12.2. The molecule has 2 amide bonds. The number of hydrogen-bond acceptors (Lipinski definition) is 4. The van der Waals surface area contributed by atoms with Crippen LogP contribution >= 0.6 is 0 Å². The number of hydrogen-bond donors (Lipinski definition) is 2. The summed E-state index contributed by atoms with van der Waals surface area (Å²) in [6.07, 6.45) is 3.42. The number of H-pyrrole nitrogens is 1. The minimum Gasteiger partial charge on any atom is -0.311 e. The van der Waals surface area contributed by atoms with Crippen LogP contribution in [-0.2, 0) is 6.54 Å². The predicted octanol–water partition coefficient (Wildman–Crippen LogP) is 1.58. The summed E-state index contributed by atoms with van der Waals surface area (Å²) in [5.41, 5.74) is 2.08. The van der Waals surface area contributed by atoms with Crippen LogP contribution in [0.1, 0.15) is 39.3 Å². The molecule has 6 heteroatoms. The minimum absolute atomic E-state index is 0.175. The van der Waals surface area contributed by atoms with Crippen molar-refractivity contribution in [1.82, 2.24) is 20.4 Å². The first-order valence-electron chi connectivity index (χ1n) is 7.41. The van der Waals surface area contributed by atoms with Gasteiger partial charge < -0.3 is 5.32 Å². The van der Waals surface area contributed by atoms with E-state index in [9.17, 15) is 9.59 Å². The molecular weight excluding hydrogens is 280 g/mol. The van der Waals surface area contributed by atoms with Gasteiger partial charge in [-0.1, -0.05) is 12.1 Å². The summed E-state index contributed by atoms with van der Waals surface area (Å²) >= 11 is 0. The number of rotatable bonds is 7. The van der Waals surface area contributed by atoms with Crippen LogP contribution in [0.15, 0.2) is 36.5 Å². The molecule has 0 bridgehead atoms. The maximum absolute atomic E-state index is 12.2. The maximum Gasteiger partial charge on any atom is 0.261 e. The molecule has 0 radical (unpaired) electrons. The van der Waals surface area contributed by atoms with Crippen molar-refractivity contribution in [2.45, 2.75) is 19.4 Å². The fourth-order valence-electron chi connectivity index (χ4n) is 2.57. The van der Waals surface area contributed by atoms with E-state index in [1.54, 1.807) is 30.5 Å². The Bertz CT molecular complexity index is 632. The molecule has 0 aliphatic carbocycles. The number of nitrogens with zero attached hydrogens (tertiary/aromatic N) is 2. The SMILES string of the molecule is O=C1c2ccccc2C(=O)N1CCCCNCc1ccn[nH]1. The lowest BCUT2D eigenvalue weighted by atomic mass is 10.1. The molecule has 114 valence electrons. The second kappa shape index (κ2) is 6.53. The number of fused-ring (bicyclic) bond motifs is 1. The molecule has 0 atom stereocenters. The molecule has 0 fully saturated rings. The van der Waals surface area contributed by atoms with Gasteiger partial charge in [0.15, 0.2) is 0 Å². The van der Waals surface area contributed by atoms with Gasteiger partial charge >= 0.3 is 0 Å². The first-order chi connectivity index (χ1) is 10.8. The lowest BCUT2D eigenvalue weighted by Crippen LogP contribution is -2.31. The van der Waals surface area contributed by atoms with Gasteiger partial charge in [-0.2, -0.15) is 5.10 Å². The standard InChI is InChI=1S/C16H18N4O2/c21-15-13-5-1-2-6-14(13)16(22)20(15)10-4-3-8-17-11-12-7-9-18-19-12/h1-2,5-7,9,17H,3-4,8,10-11H2,(H,18,19). The fraction of sp³-hybridized carbons (Fsp3) is 0.312. The summed E-state index contributed by atoms with van der Waals surface area (Å²) in [6.45, 7) is 2.05.